The molecule has 0 aliphatic carbocycles. The molecule has 0 saturated heterocycles. The predicted molar refractivity (Wildman–Crippen MR) is 135 cm³/mol. The van der Waals surface area contributed by atoms with E-state index >= 15 is 0 Å². The third kappa shape index (κ3) is 4.82. The molecule has 0 radical (unpaired) electrons. The van der Waals surface area contributed by atoms with Gasteiger partial charge in [0.1, 0.15) is 11.9 Å². The van der Waals surface area contributed by atoms with Crippen molar-refractivity contribution in [1.82, 2.24) is 5.32 Å². The van der Waals surface area contributed by atoms with Gasteiger partial charge in [0.2, 0.25) is 0 Å². The fourth-order valence-corrected chi connectivity index (χ4v) is 4.86. The maximum atomic E-state index is 11.6. The lowest BCUT2D eigenvalue weighted by atomic mass is 9.83. The van der Waals surface area contributed by atoms with Crippen LogP contribution in [0, 0.1) is 0 Å². The number of fused-ring (bicyclic) bond motifs is 2. The van der Waals surface area contributed by atoms with Gasteiger partial charge in [-0.3, -0.25) is 4.79 Å². The number of methoxy groups -OCH3 is 1. The molecule has 1 N–H and O–H groups in total. The van der Waals surface area contributed by atoms with Gasteiger partial charge in [0.15, 0.2) is 0 Å². The van der Waals surface area contributed by atoms with Crippen LogP contribution in [-0.2, 0) is 22.5 Å². The van der Waals surface area contributed by atoms with Crippen LogP contribution in [0.3, 0.4) is 0 Å². The van der Waals surface area contributed by atoms with Crippen molar-refractivity contribution in [2.75, 3.05) is 13.7 Å². The summed E-state index contributed by atoms with van der Waals surface area (Å²) in [7, 11) is 1.42. The van der Waals surface area contributed by atoms with Crippen molar-refractivity contribution in [3.8, 4) is 5.75 Å². The van der Waals surface area contributed by atoms with Crippen molar-refractivity contribution < 1.29 is 14.3 Å². The predicted octanol–water partition coefficient (Wildman–Crippen LogP) is 5.63. The number of ether oxygens (including phenoxy) is 2. The second-order valence-corrected chi connectivity index (χ2v) is 8.83. The Morgan fingerprint density at radius 1 is 0.941 bits per heavy atom. The van der Waals surface area contributed by atoms with E-state index in [0.29, 0.717) is 6.42 Å². The summed E-state index contributed by atoms with van der Waals surface area (Å²) in [4.78, 5) is 11.6. The first-order chi connectivity index (χ1) is 16.7. The fourth-order valence-electron chi connectivity index (χ4n) is 4.86. The Kier molecular flexibility index (Phi) is 6.59. The van der Waals surface area contributed by atoms with Gasteiger partial charge in [0, 0.05) is 24.6 Å². The van der Waals surface area contributed by atoms with E-state index in [4.69, 9.17) is 9.47 Å². The minimum Gasteiger partial charge on any atom is -0.489 e. The Bertz CT molecular complexity index is 1280. The lowest BCUT2D eigenvalue weighted by molar-refractivity contribution is -0.139. The molecule has 1 aliphatic heterocycles. The number of benzene rings is 4. The molecule has 34 heavy (non-hydrogen) atoms. The minimum absolute atomic E-state index is 0.0737. The van der Waals surface area contributed by atoms with Crippen molar-refractivity contribution in [3.63, 3.8) is 0 Å². The molecule has 4 aromatic rings. The van der Waals surface area contributed by atoms with E-state index in [1.54, 1.807) is 0 Å². The van der Waals surface area contributed by atoms with E-state index in [1.165, 1.54) is 34.6 Å². The van der Waals surface area contributed by atoms with Crippen molar-refractivity contribution in [2.45, 2.75) is 31.4 Å². The molecule has 172 valence electrons. The number of rotatable bonds is 7. The molecule has 0 spiro atoms. The average Bonchev–Trinajstić information content (AvgIpc) is 2.89. The zero-order chi connectivity index (χ0) is 23.3. The molecule has 0 amide bonds. The van der Waals surface area contributed by atoms with Crippen molar-refractivity contribution in [1.29, 1.82) is 0 Å². The van der Waals surface area contributed by atoms with Crippen LogP contribution in [0.1, 0.15) is 34.6 Å². The number of carbonyl (C=O) groups excluding carboxylic acids is 1. The number of carbonyl (C=O) groups is 1. The minimum atomic E-state index is -0.221. The highest BCUT2D eigenvalue weighted by Gasteiger charge is 2.29. The Morgan fingerprint density at radius 2 is 1.71 bits per heavy atom. The fraction of sp³-hybridized carbons (Fsp3) is 0.233. The number of nitrogens with one attached hydrogen (secondary N) is 1. The summed E-state index contributed by atoms with van der Waals surface area (Å²) in [5, 5.41) is 6.18. The topological polar surface area (TPSA) is 47.6 Å². The van der Waals surface area contributed by atoms with E-state index in [-0.39, 0.29) is 18.0 Å². The van der Waals surface area contributed by atoms with Crippen molar-refractivity contribution >= 4 is 16.7 Å². The Morgan fingerprint density at radius 3 is 2.56 bits per heavy atom. The molecule has 0 fully saturated rings. The first kappa shape index (κ1) is 22.2. The summed E-state index contributed by atoms with van der Waals surface area (Å²) in [5.41, 5.74) is 4.72. The molecule has 4 nitrogen and oxygen atoms in total. The number of hydrogen-bond acceptors (Lipinski definition) is 4. The Balaban J connectivity index is 1.30. The van der Waals surface area contributed by atoms with Crippen LogP contribution in [0.5, 0.6) is 5.75 Å². The van der Waals surface area contributed by atoms with Gasteiger partial charge < -0.3 is 14.8 Å². The maximum Gasteiger partial charge on any atom is 0.309 e. The molecule has 0 aromatic heterocycles. The van der Waals surface area contributed by atoms with Crippen LogP contribution >= 0.6 is 0 Å². The van der Waals surface area contributed by atoms with Crippen LogP contribution < -0.4 is 10.1 Å². The van der Waals surface area contributed by atoms with Gasteiger partial charge >= 0.3 is 5.97 Å². The molecular weight excluding hydrogens is 422 g/mol. The molecule has 4 heteroatoms. The Labute approximate surface area is 200 Å². The second-order valence-electron chi connectivity index (χ2n) is 8.83. The van der Waals surface area contributed by atoms with Gasteiger partial charge in [-0.15, -0.1) is 0 Å². The summed E-state index contributed by atoms with van der Waals surface area (Å²) < 4.78 is 11.2. The van der Waals surface area contributed by atoms with Gasteiger partial charge in [-0.25, -0.2) is 0 Å². The van der Waals surface area contributed by atoms with Crippen LogP contribution in [0.25, 0.3) is 10.8 Å². The summed E-state index contributed by atoms with van der Waals surface area (Å²) in [5.74, 6) is 0.984. The summed E-state index contributed by atoms with van der Waals surface area (Å²) >= 11 is 0. The highest BCUT2D eigenvalue weighted by atomic mass is 16.5. The van der Waals surface area contributed by atoms with Crippen LogP contribution in [0.15, 0.2) is 91.0 Å². The highest BCUT2D eigenvalue weighted by molar-refractivity contribution is 5.85. The zero-order valence-electron chi connectivity index (χ0n) is 19.4. The normalized spacial score (nSPS) is 17.1. The second kappa shape index (κ2) is 10.1. The monoisotopic (exact) mass is 451 g/mol. The van der Waals surface area contributed by atoms with Gasteiger partial charge in [0.05, 0.1) is 13.5 Å². The molecule has 1 unspecified atom stereocenters. The molecule has 2 atom stereocenters. The van der Waals surface area contributed by atoms with Gasteiger partial charge in [-0.05, 0) is 39.9 Å². The summed E-state index contributed by atoms with van der Waals surface area (Å²) in [6, 6.07) is 31.6. The Hall–Kier alpha value is -3.63. The largest absolute Gasteiger partial charge is 0.489 e. The van der Waals surface area contributed by atoms with Gasteiger partial charge in [-0.2, -0.15) is 0 Å². The van der Waals surface area contributed by atoms with E-state index in [2.05, 4.69) is 78.1 Å². The quantitative estimate of drug-likeness (QED) is 0.370. The van der Waals surface area contributed by atoms with Gasteiger partial charge in [0.25, 0.3) is 0 Å². The van der Waals surface area contributed by atoms with Crippen LogP contribution in [0.2, 0.25) is 0 Å². The van der Waals surface area contributed by atoms with Crippen molar-refractivity contribution in [2.24, 2.45) is 0 Å². The van der Waals surface area contributed by atoms with Gasteiger partial charge in [-0.1, -0.05) is 84.9 Å². The molecule has 0 saturated carbocycles. The molecule has 0 bridgehead atoms. The smallest absolute Gasteiger partial charge is 0.309 e. The summed E-state index contributed by atoms with van der Waals surface area (Å²) in [6.45, 7) is 1.57. The molecule has 1 aliphatic rings. The third-order valence-electron chi connectivity index (χ3n) is 6.61. The molecule has 5 rings (SSSR count). The van der Waals surface area contributed by atoms with E-state index in [0.717, 1.165) is 30.8 Å². The van der Waals surface area contributed by atoms with Crippen LogP contribution in [0.4, 0.5) is 0 Å². The third-order valence-corrected chi connectivity index (χ3v) is 6.61. The van der Waals surface area contributed by atoms with E-state index in [9.17, 15) is 4.79 Å². The van der Waals surface area contributed by atoms with Crippen LogP contribution in [-0.4, -0.2) is 25.7 Å². The average molecular weight is 452 g/mol. The lowest BCUT2D eigenvalue weighted by Crippen LogP contribution is -2.35. The SMILES string of the molecule is COC(=O)Cc1ccc([C@H]2CC(CNCc3cccc4ccccc34)Oc3ccccc32)cc1. The lowest BCUT2D eigenvalue weighted by Gasteiger charge is -2.33. The zero-order valence-corrected chi connectivity index (χ0v) is 19.4. The molecule has 4 aromatic carbocycles. The standard InChI is InChI=1S/C30H29NO3/c1-33-30(32)17-21-13-15-23(16-14-21)28-18-25(34-29-12-5-4-11-27(28)29)20-31-19-24-9-6-8-22-7-2-3-10-26(22)24/h2-16,25,28,31H,17-20H2,1H3/t25?,28-/m1/s1. The first-order valence-electron chi connectivity index (χ1n) is 11.8. The number of hydrogen-bond donors (Lipinski definition) is 1. The summed E-state index contributed by atoms with van der Waals surface area (Å²) in [6.07, 6.45) is 1.27. The number of esters is 1. The number of para-hydroxylation sites is 1. The van der Waals surface area contributed by atoms with Crippen molar-refractivity contribution in [3.05, 3.63) is 113 Å². The first-order valence-corrected chi connectivity index (χ1v) is 11.8. The highest BCUT2D eigenvalue weighted by Crippen LogP contribution is 2.40. The van der Waals surface area contributed by atoms with E-state index in [1.807, 2.05) is 18.2 Å². The maximum absolute atomic E-state index is 11.6. The molecule has 1 heterocycles. The van der Waals surface area contributed by atoms with E-state index < -0.39 is 0 Å². The molecular formula is C30H29NO3.